The lowest BCUT2D eigenvalue weighted by Crippen LogP contribution is -2.30. The minimum absolute atomic E-state index is 0.838. The molecule has 0 amide bonds. The first-order valence-electron chi connectivity index (χ1n) is 6.12. The maximum absolute atomic E-state index is 6.04. The molecule has 0 aliphatic carbocycles. The third kappa shape index (κ3) is 1.03. The molecule has 0 saturated carbocycles. The summed E-state index contributed by atoms with van der Waals surface area (Å²) in [5.41, 5.74) is 5.36. The van der Waals surface area contributed by atoms with Crippen molar-refractivity contribution in [1.29, 1.82) is 0 Å². The van der Waals surface area contributed by atoms with Gasteiger partial charge in [-0.15, -0.1) is 0 Å². The third-order valence-corrected chi connectivity index (χ3v) is 3.71. The van der Waals surface area contributed by atoms with Crippen LogP contribution in [0.2, 0.25) is 0 Å². The number of nitrogens with zero attached hydrogens (tertiary/aromatic N) is 4. The molecule has 5 heteroatoms. The van der Waals surface area contributed by atoms with Gasteiger partial charge in [0.1, 0.15) is 11.9 Å². The van der Waals surface area contributed by atoms with Crippen LogP contribution in [0, 0.1) is 0 Å². The summed E-state index contributed by atoms with van der Waals surface area (Å²) in [6.45, 7) is 0.838. The van der Waals surface area contributed by atoms with Gasteiger partial charge in [0.05, 0.1) is 5.52 Å². The van der Waals surface area contributed by atoms with E-state index in [-0.39, 0.29) is 0 Å². The Balaban J connectivity index is 1.93. The van der Waals surface area contributed by atoms with E-state index in [1.807, 2.05) is 28.9 Å². The van der Waals surface area contributed by atoms with E-state index < -0.39 is 0 Å². The van der Waals surface area contributed by atoms with E-state index in [4.69, 9.17) is 4.42 Å². The first kappa shape index (κ1) is 9.27. The summed E-state index contributed by atoms with van der Waals surface area (Å²) in [4.78, 5) is 8.32. The van der Waals surface area contributed by atoms with Crippen LogP contribution in [-0.4, -0.2) is 14.4 Å². The number of fused-ring (bicyclic) bond motifs is 7. The highest BCUT2D eigenvalue weighted by Gasteiger charge is 2.35. The van der Waals surface area contributed by atoms with E-state index in [9.17, 15) is 0 Å². The number of hydrogen-bond acceptors (Lipinski definition) is 3. The van der Waals surface area contributed by atoms with E-state index in [0.717, 1.165) is 34.7 Å². The van der Waals surface area contributed by atoms with Crippen LogP contribution in [0.5, 0.6) is 0 Å². The molecule has 0 saturated heterocycles. The van der Waals surface area contributed by atoms with Crippen molar-refractivity contribution in [2.75, 3.05) is 0 Å². The number of oxazole rings is 1. The Morgan fingerprint density at radius 1 is 1.21 bits per heavy atom. The number of pyridine rings is 1. The molecule has 1 aliphatic rings. The fourth-order valence-electron chi connectivity index (χ4n) is 2.82. The van der Waals surface area contributed by atoms with E-state index in [1.54, 1.807) is 12.5 Å². The van der Waals surface area contributed by atoms with Gasteiger partial charge in [-0.3, -0.25) is 9.38 Å². The van der Waals surface area contributed by atoms with Crippen LogP contribution in [0.25, 0.3) is 28.2 Å². The summed E-state index contributed by atoms with van der Waals surface area (Å²) in [5, 5.41) is 0. The molecule has 5 rings (SSSR count). The molecule has 0 atom stereocenters. The molecule has 90 valence electrons. The molecule has 5 heterocycles. The van der Waals surface area contributed by atoms with Crippen molar-refractivity contribution < 1.29 is 8.98 Å². The van der Waals surface area contributed by atoms with Gasteiger partial charge in [-0.2, -0.15) is 4.57 Å². The van der Waals surface area contributed by atoms with Crippen molar-refractivity contribution in [3.05, 3.63) is 48.7 Å². The summed E-state index contributed by atoms with van der Waals surface area (Å²) >= 11 is 0. The van der Waals surface area contributed by atoms with E-state index >= 15 is 0 Å². The molecule has 0 aromatic carbocycles. The van der Waals surface area contributed by atoms with Gasteiger partial charge in [0.15, 0.2) is 6.54 Å². The molecule has 1 aliphatic heterocycles. The van der Waals surface area contributed by atoms with Gasteiger partial charge in [-0.05, 0) is 12.1 Å². The lowest BCUT2D eigenvalue weighted by molar-refractivity contribution is -0.649. The minimum atomic E-state index is 0.838. The zero-order chi connectivity index (χ0) is 12.4. The second-order valence-corrected chi connectivity index (χ2v) is 4.74. The Morgan fingerprint density at radius 3 is 3.16 bits per heavy atom. The second-order valence-electron chi connectivity index (χ2n) is 4.74. The van der Waals surface area contributed by atoms with Crippen molar-refractivity contribution in [3.63, 3.8) is 0 Å². The maximum Gasteiger partial charge on any atom is 0.385 e. The zero-order valence-corrected chi connectivity index (χ0v) is 9.95. The smallest absolute Gasteiger partial charge is 0.380 e. The van der Waals surface area contributed by atoms with Gasteiger partial charge in [0.2, 0.25) is 0 Å². The van der Waals surface area contributed by atoms with Crippen LogP contribution in [0.4, 0.5) is 0 Å². The molecule has 0 N–H and O–H groups in total. The van der Waals surface area contributed by atoms with Gasteiger partial charge >= 0.3 is 5.89 Å². The molecule has 0 unspecified atom stereocenters. The summed E-state index contributed by atoms with van der Waals surface area (Å²) in [7, 11) is 0. The fraction of sp³-hybridized carbons (Fsp3) is 0.0714. The average Bonchev–Trinajstić information content (AvgIpc) is 3.07. The molecule has 0 fully saturated rings. The first-order valence-corrected chi connectivity index (χ1v) is 6.12. The highest BCUT2D eigenvalue weighted by Crippen LogP contribution is 2.31. The van der Waals surface area contributed by atoms with Crippen molar-refractivity contribution >= 4 is 16.7 Å². The number of aromatic nitrogens is 4. The van der Waals surface area contributed by atoms with Crippen LogP contribution >= 0.6 is 0 Å². The topological polar surface area (TPSA) is 47.2 Å². The Kier molecular flexibility index (Phi) is 1.46. The number of hydrogen-bond donors (Lipinski definition) is 0. The average molecular weight is 249 g/mol. The Labute approximate surface area is 107 Å². The predicted molar refractivity (Wildman–Crippen MR) is 67.5 cm³/mol. The standard InChI is InChI=1S/C14H9N4O/c1-3-15-6-11-9(1)7-17-12-5-10-2-4-16-8-18(10)14(12)19-13(11)17/h1-6,8H,7H2/q+1. The molecule has 0 radical (unpaired) electrons. The molecule has 4 aromatic heterocycles. The fourth-order valence-corrected chi connectivity index (χ4v) is 2.82. The van der Waals surface area contributed by atoms with Gasteiger partial charge in [-0.1, -0.05) is 0 Å². The van der Waals surface area contributed by atoms with Crippen molar-refractivity contribution in [2.24, 2.45) is 0 Å². The van der Waals surface area contributed by atoms with Crippen molar-refractivity contribution in [2.45, 2.75) is 6.54 Å². The summed E-state index contributed by atoms with van der Waals surface area (Å²) in [6, 6.07) is 6.15. The second kappa shape index (κ2) is 3.00. The molecule has 4 aromatic rings. The minimum Gasteiger partial charge on any atom is -0.380 e. The molecule has 0 spiro atoms. The quantitative estimate of drug-likeness (QED) is 0.393. The molecular formula is C14H9N4O+. The number of rotatable bonds is 0. The Morgan fingerprint density at radius 2 is 2.16 bits per heavy atom. The summed E-state index contributed by atoms with van der Waals surface area (Å²) in [6.07, 6.45) is 7.25. The highest BCUT2D eigenvalue weighted by molar-refractivity contribution is 5.78. The van der Waals surface area contributed by atoms with E-state index in [0.29, 0.717) is 0 Å². The zero-order valence-electron chi connectivity index (χ0n) is 9.95. The van der Waals surface area contributed by atoms with Crippen LogP contribution in [0.1, 0.15) is 5.56 Å². The SMILES string of the molecule is c1cc2c(cn1)-c1oc3c(cc4ccncn43)[n+]1C2. The van der Waals surface area contributed by atoms with Crippen molar-refractivity contribution in [1.82, 2.24) is 14.4 Å². The molecular weight excluding hydrogens is 240 g/mol. The van der Waals surface area contributed by atoms with Crippen LogP contribution in [0.15, 0.2) is 47.5 Å². The van der Waals surface area contributed by atoms with Gasteiger partial charge in [0, 0.05) is 30.2 Å². The van der Waals surface area contributed by atoms with E-state index in [1.165, 1.54) is 5.56 Å². The summed E-state index contributed by atoms with van der Waals surface area (Å²) in [5.74, 6) is 0.881. The first-order chi connectivity index (χ1) is 9.42. The predicted octanol–water partition coefficient (Wildman–Crippen LogP) is 1.79. The van der Waals surface area contributed by atoms with Crippen LogP contribution in [-0.2, 0) is 6.54 Å². The van der Waals surface area contributed by atoms with Crippen molar-refractivity contribution in [3.8, 4) is 11.5 Å². The van der Waals surface area contributed by atoms with Crippen LogP contribution in [0.3, 0.4) is 0 Å². The van der Waals surface area contributed by atoms with Gasteiger partial charge in [0.25, 0.3) is 11.2 Å². The lowest BCUT2D eigenvalue weighted by atomic mass is 10.2. The molecule has 5 nitrogen and oxygen atoms in total. The normalized spacial score (nSPS) is 13.1. The largest absolute Gasteiger partial charge is 0.385 e. The van der Waals surface area contributed by atoms with Gasteiger partial charge < -0.3 is 4.42 Å². The lowest BCUT2D eigenvalue weighted by Gasteiger charge is -1.91. The van der Waals surface area contributed by atoms with E-state index in [2.05, 4.69) is 20.6 Å². The maximum atomic E-state index is 6.04. The Hall–Kier alpha value is -2.69. The Bertz CT molecular complexity index is 951. The summed E-state index contributed by atoms with van der Waals surface area (Å²) < 4.78 is 10.2. The highest BCUT2D eigenvalue weighted by atomic mass is 16.4. The van der Waals surface area contributed by atoms with Gasteiger partial charge in [-0.25, -0.2) is 4.98 Å². The molecule has 19 heavy (non-hydrogen) atoms. The third-order valence-electron chi connectivity index (χ3n) is 3.71. The monoisotopic (exact) mass is 249 g/mol. The van der Waals surface area contributed by atoms with Crippen LogP contribution < -0.4 is 4.57 Å². The molecule has 0 bridgehead atoms.